The van der Waals surface area contributed by atoms with Crippen LogP contribution in [0.4, 0.5) is 0 Å². The van der Waals surface area contributed by atoms with Crippen molar-refractivity contribution in [3.05, 3.63) is 72.9 Å². The molecule has 0 aromatic carbocycles. The SMILES string of the molecule is CCCC/C=C\CCCCCCCC(=O)OCC(COC(=O)CCCCCCC\C=C/C=C\C=C/C=C\CCCCC)OC(=O)CCCCCCC/C=C\CCCCCCCCCCC. The highest BCUT2D eigenvalue weighted by Crippen LogP contribution is 2.14. The Labute approximate surface area is 402 Å². The van der Waals surface area contributed by atoms with Gasteiger partial charge in [-0.25, -0.2) is 0 Å². The van der Waals surface area contributed by atoms with Gasteiger partial charge in [-0.1, -0.05) is 229 Å². The zero-order valence-electron chi connectivity index (χ0n) is 42.7. The number of esters is 3. The number of hydrogen-bond acceptors (Lipinski definition) is 6. The normalized spacial score (nSPS) is 12.6. The first-order valence-corrected chi connectivity index (χ1v) is 27.5. The molecule has 0 radical (unpaired) electrons. The van der Waals surface area contributed by atoms with Gasteiger partial charge in [0.2, 0.25) is 0 Å². The molecule has 0 bridgehead atoms. The molecule has 0 aliphatic rings. The first kappa shape index (κ1) is 61.9. The van der Waals surface area contributed by atoms with Gasteiger partial charge in [0.15, 0.2) is 6.10 Å². The molecule has 0 aromatic heterocycles. The number of allylic oxidation sites excluding steroid dienone is 12. The summed E-state index contributed by atoms with van der Waals surface area (Å²) in [6.07, 6.45) is 67.4. The summed E-state index contributed by atoms with van der Waals surface area (Å²) in [7, 11) is 0. The predicted octanol–water partition coefficient (Wildman–Crippen LogP) is 18.2. The summed E-state index contributed by atoms with van der Waals surface area (Å²) < 4.78 is 16.8. The van der Waals surface area contributed by atoms with Crippen LogP contribution in [0.1, 0.15) is 265 Å². The quantitative estimate of drug-likeness (QED) is 0.0199. The second-order valence-corrected chi connectivity index (χ2v) is 18.2. The molecule has 1 atom stereocenters. The van der Waals surface area contributed by atoms with Crippen molar-refractivity contribution in [2.45, 2.75) is 271 Å². The van der Waals surface area contributed by atoms with Crippen molar-refractivity contribution in [3.63, 3.8) is 0 Å². The predicted molar refractivity (Wildman–Crippen MR) is 279 cm³/mol. The summed E-state index contributed by atoms with van der Waals surface area (Å²) in [5.74, 6) is -0.927. The van der Waals surface area contributed by atoms with Gasteiger partial charge in [0, 0.05) is 19.3 Å². The second kappa shape index (κ2) is 53.5. The van der Waals surface area contributed by atoms with Crippen molar-refractivity contribution in [3.8, 4) is 0 Å². The van der Waals surface area contributed by atoms with Crippen LogP contribution >= 0.6 is 0 Å². The van der Waals surface area contributed by atoms with Crippen molar-refractivity contribution < 1.29 is 28.6 Å². The van der Waals surface area contributed by atoms with E-state index in [1.165, 1.54) is 122 Å². The van der Waals surface area contributed by atoms with Crippen LogP contribution < -0.4 is 0 Å². The number of hydrogen-bond donors (Lipinski definition) is 0. The van der Waals surface area contributed by atoms with E-state index in [4.69, 9.17) is 14.2 Å². The number of unbranched alkanes of at least 4 members (excludes halogenated alkanes) is 29. The fourth-order valence-corrected chi connectivity index (χ4v) is 7.55. The fraction of sp³-hybridized carbons (Fsp3) is 0.746. The van der Waals surface area contributed by atoms with Crippen LogP contribution in [0.15, 0.2) is 72.9 Å². The zero-order valence-corrected chi connectivity index (χ0v) is 42.7. The first-order valence-electron chi connectivity index (χ1n) is 27.5. The molecule has 6 nitrogen and oxygen atoms in total. The van der Waals surface area contributed by atoms with Gasteiger partial charge >= 0.3 is 17.9 Å². The highest BCUT2D eigenvalue weighted by atomic mass is 16.6. The number of ether oxygens (including phenoxy) is 3. The van der Waals surface area contributed by atoms with Crippen LogP contribution in [-0.2, 0) is 28.6 Å². The van der Waals surface area contributed by atoms with E-state index in [2.05, 4.69) is 93.7 Å². The lowest BCUT2D eigenvalue weighted by molar-refractivity contribution is -0.167. The van der Waals surface area contributed by atoms with E-state index in [-0.39, 0.29) is 31.1 Å². The molecule has 1 unspecified atom stereocenters. The maximum Gasteiger partial charge on any atom is 0.306 e. The minimum absolute atomic E-state index is 0.0909. The summed E-state index contributed by atoms with van der Waals surface area (Å²) in [5, 5.41) is 0. The Morgan fingerprint density at radius 3 is 0.985 bits per heavy atom. The van der Waals surface area contributed by atoms with Gasteiger partial charge in [-0.15, -0.1) is 0 Å². The molecule has 0 aliphatic heterocycles. The molecule has 374 valence electrons. The molecule has 0 fully saturated rings. The minimum atomic E-state index is -0.792. The summed E-state index contributed by atoms with van der Waals surface area (Å²) in [5.41, 5.74) is 0. The van der Waals surface area contributed by atoms with Gasteiger partial charge < -0.3 is 14.2 Å². The highest BCUT2D eigenvalue weighted by Gasteiger charge is 2.19. The average molecular weight is 907 g/mol. The Balaban J connectivity index is 4.42. The maximum atomic E-state index is 12.8. The third-order valence-corrected chi connectivity index (χ3v) is 11.7. The molecule has 0 amide bonds. The van der Waals surface area contributed by atoms with Crippen molar-refractivity contribution in [1.29, 1.82) is 0 Å². The smallest absolute Gasteiger partial charge is 0.306 e. The van der Waals surface area contributed by atoms with E-state index in [1.54, 1.807) is 0 Å². The Hall–Kier alpha value is -3.15. The minimum Gasteiger partial charge on any atom is -0.462 e. The van der Waals surface area contributed by atoms with Crippen molar-refractivity contribution >= 4 is 17.9 Å². The van der Waals surface area contributed by atoms with Gasteiger partial charge in [0.1, 0.15) is 13.2 Å². The second-order valence-electron chi connectivity index (χ2n) is 18.2. The maximum absolute atomic E-state index is 12.8. The summed E-state index contributed by atoms with van der Waals surface area (Å²) in [4.78, 5) is 38.0. The molecule has 65 heavy (non-hydrogen) atoms. The summed E-state index contributed by atoms with van der Waals surface area (Å²) >= 11 is 0. The topological polar surface area (TPSA) is 78.9 Å². The molecule has 0 saturated heterocycles. The van der Waals surface area contributed by atoms with Crippen LogP contribution in [0.5, 0.6) is 0 Å². The van der Waals surface area contributed by atoms with Gasteiger partial charge in [-0.05, 0) is 89.9 Å². The fourth-order valence-electron chi connectivity index (χ4n) is 7.55. The standard InChI is InChI=1S/C59H102O6/c1-4-7-10-13-16-19-22-24-26-28-30-32-34-37-40-43-46-49-52-58(61)64-55-56(54-63-57(60)51-48-45-42-39-36-21-18-15-12-9-6-3)65-59(62)53-50-47-44-41-38-35-33-31-29-27-25-23-20-17-14-11-8-5-2/h15-16,18-19,22,24,26,28,30-33,56H,4-14,17,20-21,23,25,27,29,34-55H2,1-3H3/b18-15-,19-16-,24-22-,28-26-,32-30-,33-31-. The van der Waals surface area contributed by atoms with Gasteiger partial charge in [-0.3, -0.25) is 14.4 Å². The lowest BCUT2D eigenvalue weighted by atomic mass is 10.1. The van der Waals surface area contributed by atoms with Crippen LogP contribution in [0.3, 0.4) is 0 Å². The zero-order chi connectivity index (χ0) is 47.2. The van der Waals surface area contributed by atoms with Crippen molar-refractivity contribution in [2.75, 3.05) is 13.2 Å². The average Bonchev–Trinajstić information content (AvgIpc) is 3.30. The Morgan fingerprint density at radius 1 is 0.308 bits per heavy atom. The van der Waals surface area contributed by atoms with E-state index in [1.807, 2.05) is 0 Å². The van der Waals surface area contributed by atoms with E-state index in [0.717, 1.165) is 103 Å². The molecule has 0 saturated carbocycles. The Kier molecular flexibility index (Phi) is 50.9. The lowest BCUT2D eigenvalue weighted by Crippen LogP contribution is -2.30. The van der Waals surface area contributed by atoms with Crippen LogP contribution in [0.25, 0.3) is 0 Å². The van der Waals surface area contributed by atoms with E-state index >= 15 is 0 Å². The summed E-state index contributed by atoms with van der Waals surface area (Å²) in [6.45, 7) is 6.54. The Bertz CT molecular complexity index is 1230. The monoisotopic (exact) mass is 907 g/mol. The van der Waals surface area contributed by atoms with Crippen LogP contribution in [0.2, 0.25) is 0 Å². The number of carbonyl (C=O) groups excluding carboxylic acids is 3. The number of carbonyl (C=O) groups is 3. The first-order chi connectivity index (χ1) is 32.0. The van der Waals surface area contributed by atoms with Crippen LogP contribution in [0, 0.1) is 0 Å². The highest BCUT2D eigenvalue weighted by molar-refractivity contribution is 5.71. The molecular weight excluding hydrogens is 805 g/mol. The van der Waals surface area contributed by atoms with E-state index in [0.29, 0.717) is 19.3 Å². The molecule has 0 rings (SSSR count). The largest absolute Gasteiger partial charge is 0.462 e. The number of rotatable bonds is 49. The van der Waals surface area contributed by atoms with Gasteiger partial charge in [-0.2, -0.15) is 0 Å². The van der Waals surface area contributed by atoms with Gasteiger partial charge in [0.25, 0.3) is 0 Å². The van der Waals surface area contributed by atoms with Crippen LogP contribution in [-0.4, -0.2) is 37.2 Å². The molecule has 6 heteroatoms. The van der Waals surface area contributed by atoms with E-state index < -0.39 is 6.10 Å². The third-order valence-electron chi connectivity index (χ3n) is 11.7. The molecule has 0 aromatic rings. The third kappa shape index (κ3) is 51.7. The van der Waals surface area contributed by atoms with Gasteiger partial charge in [0.05, 0.1) is 0 Å². The summed E-state index contributed by atoms with van der Waals surface area (Å²) in [6, 6.07) is 0. The Morgan fingerprint density at radius 2 is 0.585 bits per heavy atom. The van der Waals surface area contributed by atoms with E-state index in [9.17, 15) is 14.4 Å². The molecule has 0 aliphatic carbocycles. The lowest BCUT2D eigenvalue weighted by Gasteiger charge is -2.18. The molecular formula is C59H102O6. The molecule has 0 spiro atoms. The molecule has 0 N–H and O–H groups in total. The molecule has 0 heterocycles. The van der Waals surface area contributed by atoms with Crippen molar-refractivity contribution in [2.24, 2.45) is 0 Å². The van der Waals surface area contributed by atoms with Crippen molar-refractivity contribution in [1.82, 2.24) is 0 Å².